The molecule has 0 radical (unpaired) electrons. The summed E-state index contributed by atoms with van der Waals surface area (Å²) in [5, 5.41) is 13.0. The second-order valence-electron chi connectivity index (χ2n) is 8.43. The van der Waals surface area contributed by atoms with Crippen molar-refractivity contribution in [3.05, 3.63) is 59.8 Å². The van der Waals surface area contributed by atoms with Gasteiger partial charge < -0.3 is 10.2 Å². The summed E-state index contributed by atoms with van der Waals surface area (Å²) in [5.41, 5.74) is 0.427. The third kappa shape index (κ3) is 4.44. The van der Waals surface area contributed by atoms with Gasteiger partial charge >= 0.3 is 6.18 Å². The average Bonchev–Trinajstić information content (AvgIpc) is 3.53. The lowest BCUT2D eigenvalue weighted by molar-refractivity contribution is -0.137. The molecule has 0 amide bonds. The zero-order valence-electron chi connectivity index (χ0n) is 16.7. The molecule has 1 aliphatic heterocycles. The molecule has 2 atom stereocenters. The fourth-order valence-corrected chi connectivity index (χ4v) is 4.48. The molecule has 0 bridgehead atoms. The summed E-state index contributed by atoms with van der Waals surface area (Å²) in [7, 11) is 0. The van der Waals surface area contributed by atoms with E-state index in [1.807, 2.05) is 18.2 Å². The Balaban J connectivity index is 1.38. The Bertz CT molecular complexity index is 899. The highest BCUT2D eigenvalue weighted by Crippen LogP contribution is 2.43. The highest BCUT2D eigenvalue weighted by atomic mass is 19.4. The Kier molecular flexibility index (Phi) is 5.70. The van der Waals surface area contributed by atoms with E-state index in [0.717, 1.165) is 19.0 Å². The van der Waals surface area contributed by atoms with Crippen LogP contribution in [-0.2, 0) is 6.18 Å². The number of nitriles is 1. The Hall–Kier alpha value is -2.59. The van der Waals surface area contributed by atoms with Crippen LogP contribution >= 0.6 is 0 Å². The van der Waals surface area contributed by atoms with Gasteiger partial charge in [-0.05, 0) is 42.4 Å². The van der Waals surface area contributed by atoms with Crippen molar-refractivity contribution in [2.75, 3.05) is 24.5 Å². The molecule has 158 valence electrons. The summed E-state index contributed by atoms with van der Waals surface area (Å²) < 4.78 is 40.0. The van der Waals surface area contributed by atoms with Crippen LogP contribution in [-0.4, -0.2) is 30.7 Å². The van der Waals surface area contributed by atoms with Crippen LogP contribution in [0.15, 0.2) is 48.7 Å². The zero-order valence-corrected chi connectivity index (χ0v) is 16.7. The summed E-state index contributed by atoms with van der Waals surface area (Å²) in [6.45, 7) is 1.66. The van der Waals surface area contributed by atoms with E-state index in [0.29, 0.717) is 44.3 Å². The molecule has 4 rings (SSSR count). The predicted molar refractivity (Wildman–Crippen MR) is 109 cm³/mol. The normalized spacial score (nSPS) is 23.1. The number of alkyl halides is 3. The molecular formula is C23H25F3N4. The van der Waals surface area contributed by atoms with E-state index in [1.54, 1.807) is 4.90 Å². The molecule has 1 aliphatic carbocycles. The molecular weight excluding hydrogens is 389 g/mol. The number of hydrogen-bond donors (Lipinski definition) is 1. The van der Waals surface area contributed by atoms with Gasteiger partial charge in [-0.15, -0.1) is 0 Å². The van der Waals surface area contributed by atoms with Crippen LogP contribution in [0.25, 0.3) is 0 Å². The molecule has 2 aliphatic rings. The van der Waals surface area contributed by atoms with E-state index < -0.39 is 11.7 Å². The van der Waals surface area contributed by atoms with E-state index in [4.69, 9.17) is 0 Å². The summed E-state index contributed by atoms with van der Waals surface area (Å²) >= 11 is 0. The van der Waals surface area contributed by atoms with E-state index in [1.165, 1.54) is 17.8 Å². The predicted octanol–water partition coefficient (Wildman–Crippen LogP) is 4.75. The van der Waals surface area contributed by atoms with Crippen molar-refractivity contribution < 1.29 is 13.2 Å². The largest absolute Gasteiger partial charge is 0.419 e. The van der Waals surface area contributed by atoms with Crippen molar-refractivity contribution in [2.24, 2.45) is 5.41 Å². The molecule has 0 spiro atoms. The molecule has 7 heteroatoms. The first-order chi connectivity index (χ1) is 14.4. The summed E-state index contributed by atoms with van der Waals surface area (Å²) in [6, 6.07) is 15.5. The second-order valence-corrected chi connectivity index (χ2v) is 8.43. The third-order valence-electron chi connectivity index (χ3n) is 6.43. The molecule has 1 saturated heterocycles. The fourth-order valence-electron chi connectivity index (χ4n) is 4.48. The molecule has 2 unspecified atom stereocenters. The van der Waals surface area contributed by atoms with Gasteiger partial charge in [0.05, 0.1) is 11.6 Å². The minimum atomic E-state index is -4.43. The lowest BCUT2D eigenvalue weighted by atomic mass is 9.75. The Morgan fingerprint density at radius 2 is 1.87 bits per heavy atom. The van der Waals surface area contributed by atoms with Crippen LogP contribution in [0.5, 0.6) is 0 Å². The molecule has 2 aromatic rings. The van der Waals surface area contributed by atoms with Gasteiger partial charge in [0.1, 0.15) is 5.82 Å². The smallest absolute Gasteiger partial charge is 0.356 e. The third-order valence-corrected chi connectivity index (χ3v) is 6.43. The number of benzene rings is 1. The first kappa shape index (κ1) is 20.7. The average molecular weight is 414 g/mol. The summed E-state index contributed by atoms with van der Waals surface area (Å²) in [6.07, 6.45) is -0.189. The van der Waals surface area contributed by atoms with Crippen LogP contribution in [0.3, 0.4) is 0 Å². The number of aromatic nitrogens is 1. The minimum absolute atomic E-state index is 0.00477. The number of hydrogen-bond acceptors (Lipinski definition) is 4. The van der Waals surface area contributed by atoms with Gasteiger partial charge in [-0.3, -0.25) is 0 Å². The van der Waals surface area contributed by atoms with Gasteiger partial charge in [-0.2, -0.15) is 18.4 Å². The topological polar surface area (TPSA) is 52.0 Å². The zero-order chi connectivity index (χ0) is 21.2. The number of piperidine rings is 1. The van der Waals surface area contributed by atoms with Crippen molar-refractivity contribution in [1.29, 1.82) is 5.26 Å². The number of anilines is 1. The Morgan fingerprint density at radius 1 is 1.13 bits per heavy atom. The van der Waals surface area contributed by atoms with Gasteiger partial charge in [0.25, 0.3) is 0 Å². The van der Waals surface area contributed by atoms with Gasteiger partial charge in [0.15, 0.2) is 0 Å². The highest BCUT2D eigenvalue weighted by molar-refractivity contribution is 5.48. The fraction of sp³-hybridized carbons (Fsp3) is 0.478. The van der Waals surface area contributed by atoms with E-state index in [-0.39, 0.29) is 11.2 Å². The molecule has 2 heterocycles. The van der Waals surface area contributed by atoms with Crippen LogP contribution in [0.1, 0.15) is 42.7 Å². The lowest BCUT2D eigenvalue weighted by Crippen LogP contribution is -2.46. The first-order valence-corrected chi connectivity index (χ1v) is 10.3. The van der Waals surface area contributed by atoms with E-state index >= 15 is 0 Å². The maximum Gasteiger partial charge on any atom is 0.419 e. The second kappa shape index (κ2) is 8.27. The van der Waals surface area contributed by atoms with E-state index in [9.17, 15) is 18.4 Å². The SMILES string of the molecule is N#CCC1(CNC2CC2c2ccccc2)CCN(c2ncccc2C(F)(F)F)CC1. The Morgan fingerprint density at radius 3 is 2.53 bits per heavy atom. The van der Waals surface area contributed by atoms with Crippen molar-refractivity contribution in [3.63, 3.8) is 0 Å². The first-order valence-electron chi connectivity index (χ1n) is 10.3. The maximum atomic E-state index is 13.3. The molecule has 30 heavy (non-hydrogen) atoms. The van der Waals surface area contributed by atoms with Gasteiger partial charge in [-0.25, -0.2) is 4.98 Å². The monoisotopic (exact) mass is 414 g/mol. The number of halogens is 3. The van der Waals surface area contributed by atoms with Crippen LogP contribution in [0, 0.1) is 16.7 Å². The van der Waals surface area contributed by atoms with Crippen LogP contribution in [0.4, 0.5) is 19.0 Å². The van der Waals surface area contributed by atoms with E-state index in [2.05, 4.69) is 28.5 Å². The maximum absolute atomic E-state index is 13.3. The quantitative estimate of drug-likeness (QED) is 0.741. The summed E-state index contributed by atoms with van der Waals surface area (Å²) in [4.78, 5) is 5.73. The molecule has 1 aromatic heterocycles. The molecule has 1 N–H and O–H groups in total. The van der Waals surface area contributed by atoms with Crippen molar-refractivity contribution >= 4 is 5.82 Å². The van der Waals surface area contributed by atoms with Gasteiger partial charge in [-0.1, -0.05) is 30.3 Å². The Labute approximate surface area is 174 Å². The summed E-state index contributed by atoms with van der Waals surface area (Å²) in [5.74, 6) is 0.503. The van der Waals surface area contributed by atoms with Crippen molar-refractivity contribution in [3.8, 4) is 6.07 Å². The number of rotatable bonds is 6. The van der Waals surface area contributed by atoms with Gasteiger partial charge in [0.2, 0.25) is 0 Å². The highest BCUT2D eigenvalue weighted by Gasteiger charge is 2.42. The van der Waals surface area contributed by atoms with Crippen molar-refractivity contribution in [2.45, 2.75) is 43.8 Å². The standard InChI is InChI=1S/C23H25F3N4/c24-23(25,26)19-7-4-12-28-21(19)30-13-9-22(8-11-27,10-14-30)16-29-20-15-18(20)17-5-2-1-3-6-17/h1-7,12,18,20,29H,8-10,13-16H2. The number of nitrogens with zero attached hydrogens (tertiary/aromatic N) is 3. The molecule has 1 saturated carbocycles. The molecule has 4 nitrogen and oxygen atoms in total. The minimum Gasteiger partial charge on any atom is -0.356 e. The number of pyridine rings is 1. The molecule has 2 fully saturated rings. The number of nitrogens with one attached hydrogen (secondary N) is 1. The van der Waals surface area contributed by atoms with Crippen LogP contribution < -0.4 is 10.2 Å². The van der Waals surface area contributed by atoms with Crippen LogP contribution in [0.2, 0.25) is 0 Å². The van der Waals surface area contributed by atoms with Gasteiger partial charge in [0, 0.05) is 44.2 Å². The van der Waals surface area contributed by atoms with Crippen molar-refractivity contribution in [1.82, 2.24) is 10.3 Å². The lowest BCUT2D eigenvalue weighted by Gasteiger charge is -2.42. The molecule has 1 aromatic carbocycles.